The quantitative estimate of drug-likeness (QED) is 0.260. The molecule has 5 nitrogen and oxygen atoms in total. The number of benzene rings is 2. The van der Waals surface area contributed by atoms with Gasteiger partial charge in [0.15, 0.2) is 0 Å². The maximum atomic E-state index is 13.1. The normalized spacial score (nSPS) is 18.1. The summed E-state index contributed by atoms with van der Waals surface area (Å²) in [5, 5.41) is 9.06. The maximum Gasteiger partial charge on any atom is 0.573 e. The average Bonchev–Trinajstić information content (AvgIpc) is 3.08. The molecule has 2 aromatic rings. The minimum Gasteiger partial charge on any atom is -0.405 e. The number of thioether (sulfide) groups is 1. The highest BCUT2D eigenvalue weighted by atomic mass is 35.5. The second-order valence-corrected chi connectivity index (χ2v) is 10.2. The number of alkyl halides is 6. The van der Waals surface area contributed by atoms with Gasteiger partial charge in [-0.15, -0.1) is 13.2 Å². The Hall–Kier alpha value is -2.60. The number of amides is 1. The number of hydrogen-bond acceptors (Lipinski definition) is 5. The molecule has 0 saturated heterocycles. The number of carbonyl (C=O) groups excluding carboxylic acids is 1. The van der Waals surface area contributed by atoms with Crippen molar-refractivity contribution in [1.82, 2.24) is 5.01 Å². The standard InChI is InChI=1S/C24H24ClF6N3O2S/c1-22(10-3-11-37-2)14-34(33-21(22)15-4-6-16(25)7-5-15)13-20(35)32-17-8-9-18(23(26,27)28)19(12-17)36-24(29,30)31/h4-9,12H,3,10-11,13-14H2,1-2H3,(H,32,35). The summed E-state index contributed by atoms with van der Waals surface area (Å²) in [6.45, 7) is 2.18. The van der Waals surface area contributed by atoms with E-state index in [1.54, 1.807) is 23.9 Å². The monoisotopic (exact) mass is 567 g/mol. The summed E-state index contributed by atoms with van der Waals surface area (Å²) in [6.07, 6.45) is -6.70. The zero-order valence-electron chi connectivity index (χ0n) is 19.8. The van der Waals surface area contributed by atoms with E-state index >= 15 is 0 Å². The van der Waals surface area contributed by atoms with Gasteiger partial charge in [-0.1, -0.05) is 30.7 Å². The summed E-state index contributed by atoms with van der Waals surface area (Å²) in [6, 6.07) is 8.93. The molecule has 1 atom stereocenters. The first-order valence-corrected chi connectivity index (χ1v) is 12.8. The number of hydrazone groups is 1. The summed E-state index contributed by atoms with van der Waals surface area (Å²) in [5.74, 6) is -1.17. The van der Waals surface area contributed by atoms with E-state index in [-0.39, 0.29) is 17.6 Å². The van der Waals surface area contributed by atoms with Crippen molar-refractivity contribution in [2.45, 2.75) is 32.3 Å². The predicted molar refractivity (Wildman–Crippen MR) is 132 cm³/mol. The molecule has 1 unspecified atom stereocenters. The van der Waals surface area contributed by atoms with Crippen LogP contribution in [0.4, 0.5) is 32.0 Å². The topological polar surface area (TPSA) is 53.9 Å². The summed E-state index contributed by atoms with van der Waals surface area (Å²) in [5.41, 5.74) is -0.655. The molecule has 1 aliphatic rings. The number of nitrogens with one attached hydrogen (secondary N) is 1. The van der Waals surface area contributed by atoms with E-state index in [2.05, 4.69) is 15.2 Å². The minimum atomic E-state index is -5.34. The first kappa shape index (κ1) is 29.0. The highest BCUT2D eigenvalue weighted by molar-refractivity contribution is 7.98. The zero-order valence-corrected chi connectivity index (χ0v) is 21.4. The summed E-state index contributed by atoms with van der Waals surface area (Å²) in [4.78, 5) is 12.7. The van der Waals surface area contributed by atoms with Crippen LogP contribution in [0.15, 0.2) is 47.6 Å². The Morgan fingerprint density at radius 3 is 2.43 bits per heavy atom. The number of halogens is 7. The van der Waals surface area contributed by atoms with Crippen LogP contribution >= 0.6 is 23.4 Å². The smallest absolute Gasteiger partial charge is 0.405 e. The van der Waals surface area contributed by atoms with Crippen LogP contribution in [0.1, 0.15) is 30.9 Å². The molecule has 13 heteroatoms. The van der Waals surface area contributed by atoms with Crippen LogP contribution in [0.5, 0.6) is 5.75 Å². The van der Waals surface area contributed by atoms with Gasteiger partial charge in [0.25, 0.3) is 0 Å². The molecule has 37 heavy (non-hydrogen) atoms. The molecule has 0 aromatic heterocycles. The van der Waals surface area contributed by atoms with Gasteiger partial charge in [0.2, 0.25) is 5.91 Å². The zero-order chi connectivity index (χ0) is 27.4. The van der Waals surface area contributed by atoms with Crippen molar-refractivity contribution in [3.8, 4) is 5.75 Å². The molecule has 1 heterocycles. The van der Waals surface area contributed by atoms with E-state index < -0.39 is 29.8 Å². The van der Waals surface area contributed by atoms with Gasteiger partial charge in [0, 0.05) is 28.7 Å². The molecule has 2 aromatic carbocycles. The molecule has 0 spiro atoms. The Kier molecular flexibility index (Phi) is 8.94. The average molecular weight is 568 g/mol. The summed E-state index contributed by atoms with van der Waals surface area (Å²) in [7, 11) is 0. The maximum absolute atomic E-state index is 13.1. The largest absolute Gasteiger partial charge is 0.573 e. The molecule has 0 saturated carbocycles. The lowest BCUT2D eigenvalue weighted by Gasteiger charge is -2.26. The fourth-order valence-corrected chi connectivity index (χ4v) is 4.65. The van der Waals surface area contributed by atoms with Crippen LogP contribution in [0, 0.1) is 5.41 Å². The first-order valence-electron chi connectivity index (χ1n) is 11.1. The fourth-order valence-electron chi connectivity index (χ4n) is 4.09. The van der Waals surface area contributed by atoms with E-state index in [4.69, 9.17) is 11.6 Å². The fraction of sp³-hybridized carbons (Fsp3) is 0.417. The van der Waals surface area contributed by atoms with Crippen molar-refractivity contribution >= 4 is 40.7 Å². The molecule has 202 valence electrons. The highest BCUT2D eigenvalue weighted by Gasteiger charge is 2.41. The lowest BCUT2D eigenvalue weighted by atomic mass is 9.78. The Labute approximate surface area is 219 Å². The number of anilines is 1. The second-order valence-electron chi connectivity index (χ2n) is 8.74. The number of ether oxygens (including phenoxy) is 1. The third-order valence-corrected chi connectivity index (χ3v) is 6.61. The predicted octanol–water partition coefficient (Wildman–Crippen LogP) is 7.07. The molecule has 0 aliphatic carbocycles. The van der Waals surface area contributed by atoms with Crippen LogP contribution in [0.25, 0.3) is 0 Å². The van der Waals surface area contributed by atoms with Gasteiger partial charge in [-0.05, 0) is 54.7 Å². The Morgan fingerprint density at radius 1 is 1.16 bits per heavy atom. The van der Waals surface area contributed by atoms with Gasteiger partial charge >= 0.3 is 12.5 Å². The van der Waals surface area contributed by atoms with Gasteiger partial charge in [-0.2, -0.15) is 30.0 Å². The van der Waals surface area contributed by atoms with Gasteiger partial charge in [-0.25, -0.2) is 0 Å². The molecule has 0 radical (unpaired) electrons. The lowest BCUT2D eigenvalue weighted by molar-refractivity contribution is -0.276. The Bertz CT molecular complexity index is 1140. The van der Waals surface area contributed by atoms with Crippen molar-refractivity contribution in [2.75, 3.05) is 30.4 Å². The number of carbonyl (C=O) groups is 1. The van der Waals surface area contributed by atoms with Crippen LogP contribution in [-0.4, -0.2) is 48.1 Å². The number of nitrogens with zero attached hydrogens (tertiary/aromatic N) is 2. The Balaban J connectivity index is 1.78. The van der Waals surface area contributed by atoms with Crippen molar-refractivity contribution in [3.63, 3.8) is 0 Å². The van der Waals surface area contributed by atoms with Crippen LogP contribution in [0.2, 0.25) is 5.02 Å². The second kappa shape index (κ2) is 11.4. The van der Waals surface area contributed by atoms with Crippen LogP contribution in [-0.2, 0) is 11.0 Å². The van der Waals surface area contributed by atoms with Crippen molar-refractivity contribution in [3.05, 3.63) is 58.6 Å². The van der Waals surface area contributed by atoms with Crippen LogP contribution in [0.3, 0.4) is 0 Å². The lowest BCUT2D eigenvalue weighted by Crippen LogP contribution is -2.34. The molecule has 0 bridgehead atoms. The molecule has 1 aliphatic heterocycles. The van der Waals surface area contributed by atoms with E-state index in [0.717, 1.165) is 35.9 Å². The summed E-state index contributed by atoms with van der Waals surface area (Å²) < 4.78 is 80.8. The third kappa shape index (κ3) is 7.94. The van der Waals surface area contributed by atoms with Gasteiger partial charge in [-0.3, -0.25) is 9.80 Å². The first-order chi connectivity index (χ1) is 17.2. The van der Waals surface area contributed by atoms with Crippen molar-refractivity contribution < 1.29 is 35.9 Å². The SMILES string of the molecule is CSCCCC1(C)CN(CC(=O)Nc2ccc(C(F)(F)F)c(OC(F)(F)F)c2)N=C1c1ccc(Cl)cc1. The van der Waals surface area contributed by atoms with Gasteiger partial charge in [0.05, 0.1) is 11.3 Å². The number of hydrogen-bond donors (Lipinski definition) is 1. The highest BCUT2D eigenvalue weighted by Crippen LogP contribution is 2.40. The molecule has 3 rings (SSSR count). The van der Waals surface area contributed by atoms with Gasteiger partial charge < -0.3 is 10.1 Å². The molecule has 1 amide bonds. The molecule has 1 N–H and O–H groups in total. The minimum absolute atomic E-state index is 0.258. The Morgan fingerprint density at radius 2 is 1.84 bits per heavy atom. The van der Waals surface area contributed by atoms with E-state index in [0.29, 0.717) is 23.7 Å². The molecule has 0 fully saturated rings. The summed E-state index contributed by atoms with van der Waals surface area (Å²) >= 11 is 7.72. The van der Waals surface area contributed by atoms with Crippen molar-refractivity contribution in [1.29, 1.82) is 0 Å². The van der Waals surface area contributed by atoms with Crippen LogP contribution < -0.4 is 10.1 Å². The third-order valence-electron chi connectivity index (χ3n) is 5.66. The van der Waals surface area contributed by atoms with E-state index in [1.807, 2.05) is 25.3 Å². The van der Waals surface area contributed by atoms with Gasteiger partial charge in [0.1, 0.15) is 12.3 Å². The van der Waals surface area contributed by atoms with E-state index in [1.165, 1.54) is 5.01 Å². The molecular formula is C24H24ClF6N3O2S. The molecular weight excluding hydrogens is 544 g/mol. The van der Waals surface area contributed by atoms with E-state index in [9.17, 15) is 31.1 Å². The van der Waals surface area contributed by atoms with Crippen molar-refractivity contribution in [2.24, 2.45) is 10.5 Å². The number of rotatable bonds is 9.